The van der Waals surface area contributed by atoms with Gasteiger partial charge in [-0.2, -0.15) is 0 Å². The quantitative estimate of drug-likeness (QED) is 0.649. The zero-order chi connectivity index (χ0) is 12.0. The Morgan fingerprint density at radius 2 is 1.81 bits per heavy atom. The lowest BCUT2D eigenvalue weighted by Gasteiger charge is -2.31. The molecule has 0 aromatic carbocycles. The van der Waals surface area contributed by atoms with E-state index in [0.717, 1.165) is 45.1 Å². The van der Waals surface area contributed by atoms with Crippen LogP contribution >= 0.6 is 0 Å². The summed E-state index contributed by atoms with van der Waals surface area (Å²) in [6.07, 6.45) is 5.95. The van der Waals surface area contributed by atoms with E-state index >= 15 is 0 Å². The maximum absolute atomic E-state index is 9.42. The summed E-state index contributed by atoms with van der Waals surface area (Å²) >= 11 is 0. The fourth-order valence-corrected chi connectivity index (χ4v) is 2.35. The van der Waals surface area contributed by atoms with Crippen molar-refractivity contribution in [2.24, 2.45) is 5.41 Å². The summed E-state index contributed by atoms with van der Waals surface area (Å²) in [5.41, 5.74) is 0.263. The van der Waals surface area contributed by atoms with Gasteiger partial charge in [-0.25, -0.2) is 0 Å². The van der Waals surface area contributed by atoms with Crippen molar-refractivity contribution in [2.75, 3.05) is 13.2 Å². The van der Waals surface area contributed by atoms with Crippen LogP contribution in [0, 0.1) is 5.41 Å². The highest BCUT2D eigenvalue weighted by Gasteiger charge is 2.22. The molecule has 96 valence electrons. The molecule has 3 nitrogen and oxygen atoms in total. The molecule has 0 aromatic heterocycles. The van der Waals surface area contributed by atoms with Gasteiger partial charge < -0.3 is 15.5 Å². The number of aliphatic hydroxyl groups excluding tert-OH is 2. The van der Waals surface area contributed by atoms with Crippen molar-refractivity contribution in [2.45, 2.75) is 64.5 Å². The largest absolute Gasteiger partial charge is 0.396 e. The Balaban J connectivity index is 2.17. The van der Waals surface area contributed by atoms with Crippen LogP contribution in [0.2, 0.25) is 0 Å². The fraction of sp³-hybridized carbons (Fsp3) is 1.00. The summed E-state index contributed by atoms with van der Waals surface area (Å²) in [5.74, 6) is 0. The highest BCUT2D eigenvalue weighted by molar-refractivity contribution is 4.80. The van der Waals surface area contributed by atoms with Gasteiger partial charge in [0.2, 0.25) is 0 Å². The van der Waals surface area contributed by atoms with Crippen LogP contribution < -0.4 is 5.32 Å². The molecule has 3 N–H and O–H groups in total. The normalized spacial score (nSPS) is 27.0. The van der Waals surface area contributed by atoms with Gasteiger partial charge in [0.05, 0.1) is 6.10 Å². The Kier molecular flexibility index (Phi) is 5.73. The van der Waals surface area contributed by atoms with E-state index in [-0.39, 0.29) is 11.5 Å². The monoisotopic (exact) mass is 229 g/mol. The molecule has 0 aromatic rings. The molecule has 3 heteroatoms. The molecule has 0 bridgehead atoms. The van der Waals surface area contributed by atoms with Gasteiger partial charge in [0.1, 0.15) is 0 Å². The molecule has 0 amide bonds. The molecule has 1 fully saturated rings. The molecule has 0 heterocycles. The maximum atomic E-state index is 9.42. The summed E-state index contributed by atoms with van der Waals surface area (Å²) in [7, 11) is 0. The van der Waals surface area contributed by atoms with Gasteiger partial charge in [0.15, 0.2) is 0 Å². The first kappa shape index (κ1) is 13.9. The predicted molar refractivity (Wildman–Crippen MR) is 66.4 cm³/mol. The summed E-state index contributed by atoms with van der Waals surface area (Å²) in [4.78, 5) is 0. The van der Waals surface area contributed by atoms with E-state index in [2.05, 4.69) is 19.2 Å². The van der Waals surface area contributed by atoms with Crippen LogP contribution in [0.5, 0.6) is 0 Å². The van der Waals surface area contributed by atoms with Crippen molar-refractivity contribution in [1.82, 2.24) is 5.32 Å². The zero-order valence-electron chi connectivity index (χ0n) is 10.7. The van der Waals surface area contributed by atoms with Crippen LogP contribution in [-0.4, -0.2) is 35.5 Å². The number of hydrogen-bond donors (Lipinski definition) is 3. The molecule has 1 aliphatic rings. The first-order valence-electron chi connectivity index (χ1n) is 6.56. The molecule has 0 radical (unpaired) electrons. The molecular weight excluding hydrogens is 202 g/mol. The van der Waals surface area contributed by atoms with Gasteiger partial charge in [-0.3, -0.25) is 0 Å². The smallest absolute Gasteiger partial charge is 0.0541 e. The molecule has 1 saturated carbocycles. The molecule has 16 heavy (non-hydrogen) atoms. The third kappa shape index (κ3) is 5.28. The summed E-state index contributed by atoms with van der Waals surface area (Å²) < 4.78 is 0. The highest BCUT2D eigenvalue weighted by Crippen LogP contribution is 2.23. The average Bonchev–Trinajstić information content (AvgIpc) is 2.26. The van der Waals surface area contributed by atoms with Gasteiger partial charge >= 0.3 is 0 Å². The predicted octanol–water partition coefficient (Wildman–Crippen LogP) is 1.68. The Labute approximate surface area is 99.3 Å². The van der Waals surface area contributed by atoms with E-state index in [1.807, 2.05) is 0 Å². The maximum Gasteiger partial charge on any atom is 0.0541 e. The van der Waals surface area contributed by atoms with Crippen LogP contribution in [0.15, 0.2) is 0 Å². The lowest BCUT2D eigenvalue weighted by Crippen LogP contribution is -2.40. The minimum atomic E-state index is -0.0690. The average molecular weight is 229 g/mol. The highest BCUT2D eigenvalue weighted by atomic mass is 16.3. The fourth-order valence-electron chi connectivity index (χ4n) is 2.35. The molecule has 1 rings (SSSR count). The van der Waals surface area contributed by atoms with Gasteiger partial charge in [-0.05, 0) is 43.9 Å². The molecule has 0 spiro atoms. The number of aliphatic hydroxyl groups is 2. The van der Waals surface area contributed by atoms with E-state index in [1.165, 1.54) is 0 Å². The van der Waals surface area contributed by atoms with Crippen molar-refractivity contribution >= 4 is 0 Å². The summed E-state index contributed by atoms with van der Waals surface area (Å²) in [6.45, 7) is 5.79. The third-order valence-electron chi connectivity index (χ3n) is 3.58. The number of hydrogen-bond acceptors (Lipinski definition) is 3. The second kappa shape index (κ2) is 6.58. The van der Waals surface area contributed by atoms with Crippen LogP contribution in [0.4, 0.5) is 0 Å². The molecule has 0 aliphatic heterocycles. The minimum absolute atomic E-state index is 0.0690. The molecular formula is C13H27NO2. The van der Waals surface area contributed by atoms with Crippen molar-refractivity contribution < 1.29 is 10.2 Å². The van der Waals surface area contributed by atoms with Crippen molar-refractivity contribution in [3.63, 3.8) is 0 Å². The van der Waals surface area contributed by atoms with Crippen LogP contribution in [0.1, 0.15) is 52.4 Å². The van der Waals surface area contributed by atoms with E-state index in [0.29, 0.717) is 12.6 Å². The summed E-state index contributed by atoms with van der Waals surface area (Å²) in [6, 6.07) is 0.580. The Bertz CT molecular complexity index is 186. The Morgan fingerprint density at radius 1 is 1.19 bits per heavy atom. The minimum Gasteiger partial charge on any atom is -0.396 e. The first-order valence-corrected chi connectivity index (χ1v) is 6.56. The lowest BCUT2D eigenvalue weighted by molar-refractivity contribution is 0.113. The van der Waals surface area contributed by atoms with Gasteiger partial charge in [-0.15, -0.1) is 0 Å². The topological polar surface area (TPSA) is 52.5 Å². The third-order valence-corrected chi connectivity index (χ3v) is 3.58. The van der Waals surface area contributed by atoms with E-state index in [9.17, 15) is 5.11 Å². The van der Waals surface area contributed by atoms with E-state index in [4.69, 9.17) is 5.11 Å². The van der Waals surface area contributed by atoms with Crippen molar-refractivity contribution in [3.05, 3.63) is 0 Å². The number of nitrogens with one attached hydrogen (secondary N) is 1. The SMILES string of the molecule is CC(C)(CCCO)CNC1CCC(O)CC1. The molecule has 0 unspecified atom stereocenters. The molecule has 0 saturated heterocycles. The van der Waals surface area contributed by atoms with Crippen molar-refractivity contribution in [1.29, 1.82) is 0 Å². The standard InChI is InChI=1S/C13H27NO2/c1-13(2,8-3-9-15)10-14-11-4-6-12(16)7-5-11/h11-12,14-16H,3-10H2,1-2H3. The lowest BCUT2D eigenvalue weighted by atomic mass is 9.86. The zero-order valence-corrected chi connectivity index (χ0v) is 10.7. The molecule has 1 aliphatic carbocycles. The van der Waals surface area contributed by atoms with Gasteiger partial charge in [0.25, 0.3) is 0 Å². The van der Waals surface area contributed by atoms with Crippen LogP contribution in [-0.2, 0) is 0 Å². The second-order valence-electron chi connectivity index (χ2n) is 5.88. The van der Waals surface area contributed by atoms with E-state index < -0.39 is 0 Å². The van der Waals surface area contributed by atoms with Crippen molar-refractivity contribution in [3.8, 4) is 0 Å². The Morgan fingerprint density at radius 3 is 2.38 bits per heavy atom. The van der Waals surface area contributed by atoms with Gasteiger partial charge in [-0.1, -0.05) is 13.8 Å². The first-order chi connectivity index (χ1) is 7.53. The second-order valence-corrected chi connectivity index (χ2v) is 5.88. The van der Waals surface area contributed by atoms with Gasteiger partial charge in [0, 0.05) is 19.2 Å². The van der Waals surface area contributed by atoms with Crippen LogP contribution in [0.3, 0.4) is 0 Å². The number of rotatable bonds is 6. The van der Waals surface area contributed by atoms with Crippen LogP contribution in [0.25, 0.3) is 0 Å². The Hall–Kier alpha value is -0.120. The summed E-state index contributed by atoms with van der Waals surface area (Å²) in [5, 5.41) is 21.8. The van der Waals surface area contributed by atoms with E-state index in [1.54, 1.807) is 0 Å². The molecule has 0 atom stereocenters.